The van der Waals surface area contributed by atoms with Crippen LogP contribution < -0.4 is 0 Å². The predicted molar refractivity (Wildman–Crippen MR) is 70.0 cm³/mol. The van der Waals surface area contributed by atoms with Gasteiger partial charge in [0, 0.05) is 0 Å². The van der Waals surface area contributed by atoms with E-state index in [1.165, 1.54) is 12.1 Å². The van der Waals surface area contributed by atoms with Gasteiger partial charge in [0.2, 0.25) is 0 Å². The van der Waals surface area contributed by atoms with Crippen molar-refractivity contribution in [3.8, 4) is 0 Å². The highest BCUT2D eigenvalue weighted by Gasteiger charge is 2.18. The lowest BCUT2D eigenvalue weighted by molar-refractivity contribution is -0.153. The second kappa shape index (κ2) is 5.51. The molecule has 0 fully saturated rings. The highest BCUT2D eigenvalue weighted by molar-refractivity contribution is 5.73. The van der Waals surface area contributed by atoms with E-state index in [0.717, 1.165) is 11.1 Å². The number of esters is 1. The first-order chi connectivity index (χ1) is 8.19. The Bertz CT molecular complexity index is 431. The lowest BCUT2D eigenvalue weighted by atomic mass is 9.95. The molecular weight excluding hydrogens is 231 g/mol. The zero-order valence-electron chi connectivity index (χ0n) is 11.7. The number of benzene rings is 1. The SMILES string of the molecule is CC(C)c1cc(F)ccc1CC(=O)OC(C)(C)C. The number of hydrogen-bond acceptors (Lipinski definition) is 2. The van der Waals surface area contributed by atoms with Crippen LogP contribution in [-0.2, 0) is 16.0 Å². The van der Waals surface area contributed by atoms with Gasteiger partial charge in [0.05, 0.1) is 6.42 Å². The average Bonchev–Trinajstić information content (AvgIpc) is 2.17. The van der Waals surface area contributed by atoms with Gasteiger partial charge < -0.3 is 4.74 Å². The molecule has 0 aliphatic carbocycles. The first kappa shape index (κ1) is 14.7. The minimum atomic E-state index is -0.491. The molecule has 0 atom stereocenters. The summed E-state index contributed by atoms with van der Waals surface area (Å²) < 4.78 is 18.5. The van der Waals surface area contributed by atoms with E-state index in [4.69, 9.17) is 4.74 Å². The molecule has 0 saturated heterocycles. The van der Waals surface area contributed by atoms with Crippen molar-refractivity contribution in [2.45, 2.75) is 52.6 Å². The molecule has 100 valence electrons. The molecule has 0 N–H and O–H groups in total. The maximum atomic E-state index is 13.2. The Morgan fingerprint density at radius 3 is 2.44 bits per heavy atom. The first-order valence-electron chi connectivity index (χ1n) is 6.19. The van der Waals surface area contributed by atoms with Gasteiger partial charge in [0.25, 0.3) is 0 Å². The highest BCUT2D eigenvalue weighted by Crippen LogP contribution is 2.22. The van der Waals surface area contributed by atoms with Gasteiger partial charge >= 0.3 is 5.97 Å². The Balaban J connectivity index is 2.88. The number of ether oxygens (including phenoxy) is 1. The van der Waals surface area contributed by atoms with Crippen molar-refractivity contribution in [1.29, 1.82) is 0 Å². The Labute approximate surface area is 108 Å². The Morgan fingerprint density at radius 2 is 1.94 bits per heavy atom. The van der Waals surface area contributed by atoms with Gasteiger partial charge in [-0.15, -0.1) is 0 Å². The van der Waals surface area contributed by atoms with Crippen LogP contribution >= 0.6 is 0 Å². The quantitative estimate of drug-likeness (QED) is 0.764. The average molecular weight is 252 g/mol. The fourth-order valence-corrected chi connectivity index (χ4v) is 1.80. The second-order valence-electron chi connectivity index (χ2n) is 5.76. The summed E-state index contributed by atoms with van der Waals surface area (Å²) in [5.41, 5.74) is 1.20. The maximum Gasteiger partial charge on any atom is 0.310 e. The molecule has 0 aliphatic rings. The smallest absolute Gasteiger partial charge is 0.310 e. The molecule has 0 spiro atoms. The van der Waals surface area contributed by atoms with Crippen LogP contribution in [0.1, 0.15) is 51.7 Å². The van der Waals surface area contributed by atoms with Crippen molar-refractivity contribution >= 4 is 5.97 Å². The van der Waals surface area contributed by atoms with Crippen LogP contribution in [0.25, 0.3) is 0 Å². The van der Waals surface area contributed by atoms with E-state index in [1.807, 2.05) is 34.6 Å². The van der Waals surface area contributed by atoms with E-state index < -0.39 is 5.60 Å². The number of carbonyl (C=O) groups excluding carboxylic acids is 1. The highest BCUT2D eigenvalue weighted by atomic mass is 19.1. The van der Waals surface area contributed by atoms with Crippen LogP contribution in [0.15, 0.2) is 18.2 Å². The number of rotatable bonds is 3. The van der Waals surface area contributed by atoms with Crippen LogP contribution in [0.5, 0.6) is 0 Å². The molecule has 1 rings (SSSR count). The van der Waals surface area contributed by atoms with Gasteiger partial charge in [0.1, 0.15) is 11.4 Å². The third-order valence-corrected chi connectivity index (χ3v) is 2.48. The summed E-state index contributed by atoms with van der Waals surface area (Å²) in [6.45, 7) is 9.46. The Morgan fingerprint density at radius 1 is 1.33 bits per heavy atom. The summed E-state index contributed by atoms with van der Waals surface area (Å²) in [6.07, 6.45) is 0.186. The van der Waals surface area contributed by atoms with Crippen molar-refractivity contribution in [3.05, 3.63) is 35.1 Å². The van der Waals surface area contributed by atoms with Gasteiger partial charge in [-0.25, -0.2) is 4.39 Å². The van der Waals surface area contributed by atoms with Crippen molar-refractivity contribution < 1.29 is 13.9 Å². The van der Waals surface area contributed by atoms with Crippen LogP contribution in [0.4, 0.5) is 4.39 Å². The van der Waals surface area contributed by atoms with E-state index in [0.29, 0.717) is 0 Å². The van der Waals surface area contributed by atoms with Crippen molar-refractivity contribution in [1.82, 2.24) is 0 Å². The number of hydrogen-bond donors (Lipinski definition) is 0. The maximum absolute atomic E-state index is 13.2. The number of carbonyl (C=O) groups is 1. The molecule has 0 heterocycles. The summed E-state index contributed by atoms with van der Waals surface area (Å²) in [4.78, 5) is 11.8. The van der Waals surface area contributed by atoms with Gasteiger partial charge in [-0.05, 0) is 49.9 Å². The van der Waals surface area contributed by atoms with E-state index in [2.05, 4.69) is 0 Å². The van der Waals surface area contributed by atoms with Crippen LogP contribution in [0, 0.1) is 5.82 Å². The molecule has 0 unspecified atom stereocenters. The fourth-order valence-electron chi connectivity index (χ4n) is 1.80. The third kappa shape index (κ3) is 4.47. The molecule has 0 radical (unpaired) electrons. The fraction of sp³-hybridized carbons (Fsp3) is 0.533. The van der Waals surface area contributed by atoms with Crippen molar-refractivity contribution in [2.24, 2.45) is 0 Å². The summed E-state index contributed by atoms with van der Waals surface area (Å²) in [5.74, 6) is -0.374. The zero-order chi connectivity index (χ0) is 13.9. The summed E-state index contributed by atoms with van der Waals surface area (Å²) in [6, 6.07) is 4.53. The Hall–Kier alpha value is -1.38. The largest absolute Gasteiger partial charge is 0.460 e. The minimum absolute atomic E-state index is 0.179. The molecule has 0 bridgehead atoms. The van der Waals surface area contributed by atoms with Gasteiger partial charge in [0.15, 0.2) is 0 Å². The zero-order valence-corrected chi connectivity index (χ0v) is 11.7. The molecule has 2 nitrogen and oxygen atoms in total. The Kier molecular flexibility index (Phi) is 4.49. The minimum Gasteiger partial charge on any atom is -0.460 e. The summed E-state index contributed by atoms with van der Waals surface area (Å²) >= 11 is 0. The molecule has 18 heavy (non-hydrogen) atoms. The normalized spacial score (nSPS) is 11.7. The van der Waals surface area contributed by atoms with E-state index in [-0.39, 0.29) is 24.1 Å². The van der Waals surface area contributed by atoms with Gasteiger partial charge in [-0.2, -0.15) is 0 Å². The number of halogens is 1. The van der Waals surface area contributed by atoms with Crippen LogP contribution in [-0.4, -0.2) is 11.6 Å². The monoisotopic (exact) mass is 252 g/mol. The van der Waals surface area contributed by atoms with Crippen molar-refractivity contribution in [2.75, 3.05) is 0 Å². The molecule has 0 aliphatic heterocycles. The standard InChI is InChI=1S/C15H21FO2/c1-10(2)13-9-12(16)7-6-11(13)8-14(17)18-15(3,4)5/h6-7,9-10H,8H2,1-5H3. The second-order valence-corrected chi connectivity index (χ2v) is 5.76. The van der Waals surface area contributed by atoms with Gasteiger partial charge in [-0.3, -0.25) is 4.79 Å². The van der Waals surface area contributed by atoms with Gasteiger partial charge in [-0.1, -0.05) is 19.9 Å². The van der Waals surface area contributed by atoms with E-state index in [1.54, 1.807) is 6.07 Å². The van der Waals surface area contributed by atoms with Crippen LogP contribution in [0.3, 0.4) is 0 Å². The summed E-state index contributed by atoms with van der Waals surface area (Å²) in [7, 11) is 0. The van der Waals surface area contributed by atoms with E-state index >= 15 is 0 Å². The predicted octanol–water partition coefficient (Wildman–Crippen LogP) is 3.83. The molecule has 0 amide bonds. The van der Waals surface area contributed by atoms with Crippen LogP contribution in [0.2, 0.25) is 0 Å². The molecular formula is C15H21FO2. The molecule has 0 saturated carbocycles. The third-order valence-electron chi connectivity index (χ3n) is 2.48. The molecule has 0 aromatic heterocycles. The summed E-state index contributed by atoms with van der Waals surface area (Å²) in [5, 5.41) is 0. The molecule has 3 heteroatoms. The molecule has 1 aromatic rings. The first-order valence-corrected chi connectivity index (χ1v) is 6.19. The lowest BCUT2D eigenvalue weighted by Gasteiger charge is -2.20. The lowest BCUT2D eigenvalue weighted by Crippen LogP contribution is -2.25. The topological polar surface area (TPSA) is 26.3 Å². The van der Waals surface area contributed by atoms with Crippen molar-refractivity contribution in [3.63, 3.8) is 0 Å². The molecule has 1 aromatic carbocycles. The van der Waals surface area contributed by atoms with E-state index in [9.17, 15) is 9.18 Å².